The van der Waals surface area contributed by atoms with Crippen LogP contribution in [0.1, 0.15) is 37.3 Å². The van der Waals surface area contributed by atoms with Gasteiger partial charge in [-0.25, -0.2) is 4.99 Å². The molecule has 0 unspecified atom stereocenters. The summed E-state index contributed by atoms with van der Waals surface area (Å²) in [7, 11) is 2.08. The molecular weight excluding hydrogens is 384 g/mol. The molecule has 3 aromatic rings. The van der Waals surface area contributed by atoms with E-state index in [1.54, 1.807) is 11.8 Å². The van der Waals surface area contributed by atoms with E-state index in [-0.39, 0.29) is 0 Å². The highest BCUT2D eigenvalue weighted by molar-refractivity contribution is 8.13. The smallest absolute Gasteiger partial charge is 0.168 e. The third-order valence-electron chi connectivity index (χ3n) is 4.62. The summed E-state index contributed by atoms with van der Waals surface area (Å²) in [5, 5.41) is 0.952. The summed E-state index contributed by atoms with van der Waals surface area (Å²) in [6.45, 7) is 2.19. The van der Waals surface area contributed by atoms with Crippen LogP contribution in [0, 0.1) is 11.8 Å². The quantitative estimate of drug-likeness (QED) is 0.183. The highest BCUT2D eigenvalue weighted by Crippen LogP contribution is 2.26. The maximum Gasteiger partial charge on any atom is 0.168 e. The van der Waals surface area contributed by atoms with Gasteiger partial charge < -0.3 is 4.90 Å². The van der Waals surface area contributed by atoms with Crippen LogP contribution in [0.15, 0.2) is 89.9 Å². The molecule has 152 valence electrons. The van der Waals surface area contributed by atoms with Crippen LogP contribution in [-0.4, -0.2) is 12.2 Å². The summed E-state index contributed by atoms with van der Waals surface area (Å²) in [5.74, 6) is 7.55. The van der Waals surface area contributed by atoms with Crippen molar-refractivity contribution in [1.82, 2.24) is 0 Å². The molecule has 3 heteroatoms. The lowest BCUT2D eigenvalue weighted by atomic mass is 10.1. The van der Waals surface area contributed by atoms with E-state index < -0.39 is 0 Å². The monoisotopic (exact) mass is 412 g/mol. The van der Waals surface area contributed by atoms with Crippen molar-refractivity contribution in [3.63, 3.8) is 0 Å². The maximum atomic E-state index is 4.96. The van der Waals surface area contributed by atoms with Crippen molar-refractivity contribution in [3.8, 4) is 11.8 Å². The fourth-order valence-electron chi connectivity index (χ4n) is 2.94. The highest BCUT2D eigenvalue weighted by atomic mass is 32.2. The molecule has 0 aliphatic heterocycles. The van der Waals surface area contributed by atoms with Crippen molar-refractivity contribution in [3.05, 3.63) is 96.1 Å². The molecule has 0 atom stereocenters. The van der Waals surface area contributed by atoms with E-state index in [1.165, 1.54) is 12.0 Å². The van der Waals surface area contributed by atoms with Crippen LogP contribution in [0.25, 0.3) is 0 Å². The Labute approximate surface area is 185 Å². The zero-order valence-corrected chi connectivity index (χ0v) is 18.5. The predicted molar refractivity (Wildman–Crippen MR) is 133 cm³/mol. The van der Waals surface area contributed by atoms with Gasteiger partial charge in [0.05, 0.1) is 11.4 Å². The fourth-order valence-corrected chi connectivity index (χ4v) is 3.89. The Balaban J connectivity index is 1.89. The number of hydrogen-bond donors (Lipinski definition) is 0. The minimum atomic E-state index is 0.862. The van der Waals surface area contributed by atoms with Gasteiger partial charge in [-0.1, -0.05) is 97.6 Å². The van der Waals surface area contributed by atoms with Crippen LogP contribution >= 0.6 is 11.8 Å². The highest BCUT2D eigenvalue weighted by Gasteiger charge is 2.13. The Morgan fingerprint density at radius 3 is 2.30 bits per heavy atom. The van der Waals surface area contributed by atoms with Crippen molar-refractivity contribution in [2.45, 2.75) is 31.9 Å². The number of hydrogen-bond acceptors (Lipinski definition) is 2. The van der Waals surface area contributed by atoms with Crippen LogP contribution in [0.4, 0.5) is 11.4 Å². The summed E-state index contributed by atoms with van der Waals surface area (Å²) in [6.07, 6.45) is 3.24. The maximum absolute atomic E-state index is 4.96. The van der Waals surface area contributed by atoms with E-state index in [9.17, 15) is 0 Å². The molecule has 0 aliphatic rings. The third-order valence-corrected chi connectivity index (χ3v) is 5.72. The molecule has 0 spiro atoms. The molecule has 0 saturated carbocycles. The molecule has 0 radical (unpaired) electrons. The summed E-state index contributed by atoms with van der Waals surface area (Å²) in [5.41, 5.74) is 4.35. The van der Waals surface area contributed by atoms with Gasteiger partial charge in [-0.3, -0.25) is 0 Å². The van der Waals surface area contributed by atoms with Crippen molar-refractivity contribution < 1.29 is 0 Å². The Bertz CT molecular complexity index is 1000. The summed E-state index contributed by atoms with van der Waals surface area (Å²) < 4.78 is 0. The molecule has 3 aromatic carbocycles. The third kappa shape index (κ3) is 6.54. The average molecular weight is 413 g/mol. The molecule has 0 amide bonds. The molecule has 0 N–H and O–H groups in total. The molecule has 0 heterocycles. The molecule has 2 nitrogen and oxygen atoms in total. The fraction of sp³-hybridized carbons (Fsp3) is 0.222. The number of rotatable bonds is 6. The van der Waals surface area contributed by atoms with Crippen LogP contribution in [0.5, 0.6) is 0 Å². The molecule has 3 rings (SSSR count). The van der Waals surface area contributed by atoms with Crippen LogP contribution in [0.2, 0.25) is 0 Å². The lowest BCUT2D eigenvalue weighted by Gasteiger charge is -2.22. The molecule has 0 bridgehead atoms. The zero-order valence-electron chi connectivity index (χ0n) is 17.7. The van der Waals surface area contributed by atoms with E-state index in [2.05, 4.69) is 73.2 Å². The number of anilines is 1. The Kier molecular flexibility index (Phi) is 8.62. The van der Waals surface area contributed by atoms with Crippen molar-refractivity contribution >= 4 is 28.3 Å². The van der Waals surface area contributed by atoms with E-state index in [1.807, 2.05) is 42.5 Å². The molecule has 30 heavy (non-hydrogen) atoms. The molecule has 0 aromatic heterocycles. The van der Waals surface area contributed by atoms with Crippen LogP contribution < -0.4 is 4.90 Å². The SMILES string of the molecule is CCCCC#Cc1ccccc1N(C)C(=Nc1ccccc1)SCc1ccccc1. The topological polar surface area (TPSA) is 15.6 Å². The molecule has 0 fully saturated rings. The van der Waals surface area contributed by atoms with Gasteiger partial charge in [-0.2, -0.15) is 0 Å². The molecule has 0 saturated heterocycles. The summed E-state index contributed by atoms with van der Waals surface area (Å²) >= 11 is 1.74. The van der Waals surface area contributed by atoms with E-state index in [4.69, 9.17) is 4.99 Å². The number of benzene rings is 3. The average Bonchev–Trinajstić information content (AvgIpc) is 2.80. The first kappa shape index (κ1) is 21.7. The first-order valence-corrected chi connectivity index (χ1v) is 11.4. The largest absolute Gasteiger partial charge is 0.323 e. The van der Waals surface area contributed by atoms with Crippen molar-refractivity contribution in [2.75, 3.05) is 11.9 Å². The number of unbranched alkanes of at least 4 members (excludes halogenated alkanes) is 2. The zero-order chi connectivity index (χ0) is 21.0. The van der Waals surface area contributed by atoms with Gasteiger partial charge in [-0.15, -0.1) is 0 Å². The normalized spacial score (nSPS) is 10.9. The minimum absolute atomic E-state index is 0.862. The van der Waals surface area contributed by atoms with Crippen LogP contribution in [-0.2, 0) is 5.75 Å². The number of aliphatic imine (C=N–C) groups is 1. The predicted octanol–water partition coefficient (Wildman–Crippen LogP) is 7.29. The van der Waals surface area contributed by atoms with Gasteiger partial charge in [0, 0.05) is 24.8 Å². The summed E-state index contributed by atoms with van der Waals surface area (Å²) in [4.78, 5) is 7.12. The summed E-state index contributed by atoms with van der Waals surface area (Å²) in [6, 6.07) is 29.0. The van der Waals surface area contributed by atoms with E-state index in [0.29, 0.717) is 0 Å². The van der Waals surface area contributed by atoms with Gasteiger partial charge in [0.15, 0.2) is 5.17 Å². The van der Waals surface area contributed by atoms with Gasteiger partial charge >= 0.3 is 0 Å². The van der Waals surface area contributed by atoms with Crippen LogP contribution in [0.3, 0.4) is 0 Å². The lowest BCUT2D eigenvalue weighted by Crippen LogP contribution is -2.24. The molecule has 0 aliphatic carbocycles. The Hall–Kier alpha value is -2.96. The number of thioether (sulfide) groups is 1. The Morgan fingerprint density at radius 2 is 1.57 bits per heavy atom. The number of para-hydroxylation sites is 2. The van der Waals surface area contributed by atoms with Gasteiger partial charge in [0.25, 0.3) is 0 Å². The van der Waals surface area contributed by atoms with Gasteiger partial charge in [0.2, 0.25) is 0 Å². The molecular formula is C27H28N2S. The van der Waals surface area contributed by atoms with Crippen molar-refractivity contribution in [2.24, 2.45) is 4.99 Å². The number of amidine groups is 1. The Morgan fingerprint density at radius 1 is 0.900 bits per heavy atom. The van der Waals surface area contributed by atoms with Crippen molar-refractivity contribution in [1.29, 1.82) is 0 Å². The standard InChI is InChI=1S/C27H28N2S/c1-3-4-5-10-17-24-18-13-14-21-26(24)29(2)27(28-25-19-11-7-12-20-25)30-22-23-15-8-6-9-16-23/h6-9,11-16,18-21H,3-5,22H2,1-2H3. The second-order valence-electron chi connectivity index (χ2n) is 6.99. The second kappa shape index (κ2) is 11.9. The second-order valence-corrected chi connectivity index (χ2v) is 7.93. The van der Waals surface area contributed by atoms with E-state index >= 15 is 0 Å². The minimum Gasteiger partial charge on any atom is -0.323 e. The van der Waals surface area contributed by atoms with E-state index in [0.717, 1.165) is 40.7 Å². The first-order chi connectivity index (χ1) is 14.8. The lowest BCUT2D eigenvalue weighted by molar-refractivity contribution is 0.828. The first-order valence-electron chi connectivity index (χ1n) is 10.4. The number of nitrogens with zero attached hydrogens (tertiary/aromatic N) is 2. The van der Waals surface area contributed by atoms with Gasteiger partial charge in [0.1, 0.15) is 0 Å². The van der Waals surface area contributed by atoms with Gasteiger partial charge in [-0.05, 0) is 36.2 Å².